The lowest BCUT2D eigenvalue weighted by atomic mass is 9.93. The maximum absolute atomic E-state index is 9.13. The number of hydrogen-bond acceptors (Lipinski definition) is 10. The van der Waals surface area contributed by atoms with Crippen LogP contribution in [0.5, 0.6) is 0 Å². The smallest absolute Gasteiger partial charge is 0.0877 e. The van der Waals surface area contributed by atoms with E-state index in [1.165, 1.54) is 55.6 Å². The molecule has 6 aliphatic rings. The van der Waals surface area contributed by atoms with Crippen LogP contribution in [0.4, 0.5) is 0 Å². The highest BCUT2D eigenvalue weighted by molar-refractivity contribution is 6.18. The average molecular weight is 1180 g/mol. The summed E-state index contributed by atoms with van der Waals surface area (Å²) in [6.07, 6.45) is 5.95. The van der Waals surface area contributed by atoms with Gasteiger partial charge in [-0.05, 0) is 137 Å². The normalized spacial score (nSPS) is 30.1. The maximum atomic E-state index is 9.13. The van der Waals surface area contributed by atoms with E-state index in [2.05, 4.69) is 137 Å². The Kier molecular flexibility index (Phi) is 22.3. The number of alkyl halides is 2. The molecule has 0 aliphatic heterocycles. The minimum atomic E-state index is -0.400. The van der Waals surface area contributed by atoms with Crippen molar-refractivity contribution in [3.8, 4) is 12.1 Å². The minimum absolute atomic E-state index is 0.0719. The fourth-order valence-electron chi connectivity index (χ4n) is 12.7. The second kappa shape index (κ2) is 28.4. The summed E-state index contributed by atoms with van der Waals surface area (Å²) in [6.45, 7) is 15.9. The highest BCUT2D eigenvalue weighted by atomic mass is 35.5. The zero-order chi connectivity index (χ0) is 61.1. The molecule has 12 atom stereocenters. The van der Waals surface area contributed by atoms with Crippen LogP contribution in [-0.4, -0.2) is 84.8 Å². The number of rotatable bonds is 16. The highest BCUT2D eigenvalue weighted by Gasteiger charge is 2.58. The van der Waals surface area contributed by atoms with Gasteiger partial charge in [0.1, 0.15) is 0 Å². The van der Waals surface area contributed by atoms with Crippen LogP contribution in [0.3, 0.4) is 0 Å². The Morgan fingerprint density at radius 3 is 0.667 bits per heavy atom. The predicted octanol–water partition coefficient (Wildman–Crippen LogP) is 10.8. The number of nitriles is 2. The first-order valence-electron chi connectivity index (χ1n) is 30.0. The van der Waals surface area contributed by atoms with Gasteiger partial charge in [-0.15, -0.1) is 23.2 Å². The van der Waals surface area contributed by atoms with Crippen LogP contribution in [0.25, 0.3) is 0 Å². The SMILES string of the molecule is Cc1ccc([C@@]2(C#N)C[C@@H]2CO)cc1.Cc1ccc([C@@]2(CN)C[C@@H]2CCl)cc1.Cc1ccc([C@@]2(CN)C[C@@H]2CO)cc1.Cc1ccc([C@]2(C#N)C[C@@H]2CO)cc1.Cc1ccc([C@]2(CN)C[C@@H]2CCl)cc1.Cc1ccc([C@]2(CN)C[C@@H]2CO)cc1. The quantitative estimate of drug-likeness (QED) is 0.0427. The Balaban J connectivity index is 0.000000145. The summed E-state index contributed by atoms with van der Waals surface area (Å²) in [4.78, 5) is 0. The van der Waals surface area contributed by atoms with Crippen LogP contribution >= 0.6 is 23.2 Å². The van der Waals surface area contributed by atoms with Gasteiger partial charge in [-0.1, -0.05) is 179 Å². The third-order valence-corrected chi connectivity index (χ3v) is 20.6. The van der Waals surface area contributed by atoms with Gasteiger partial charge in [0, 0.05) is 97.9 Å². The number of halogens is 2. The van der Waals surface area contributed by atoms with Crippen molar-refractivity contribution >= 4 is 23.2 Å². The standard InChI is InChI=1S/2C12H16ClN.2C12H17NO.2C12H13NO/c2*1-9-2-4-10(5-3-9)12(8-14)6-11(12)7-13;4*1-9-2-4-10(5-3-9)12(8-13)6-11(12)7-14/h2*2-5,11H,6-8,14H2,1H3;2*2-5,11,14H,6-8,13H2,1H3;2*2-5,11,14H,6-7H2,1H3/t11-,12+;11-,12-;11-,12+;11-,12-;11-,12+;11-,12-/m111111/s1. The van der Waals surface area contributed by atoms with Crippen molar-refractivity contribution < 1.29 is 20.4 Å². The van der Waals surface area contributed by atoms with Crippen LogP contribution in [0.2, 0.25) is 0 Å². The lowest BCUT2D eigenvalue weighted by Gasteiger charge is -2.15. The van der Waals surface area contributed by atoms with E-state index in [-0.39, 0.29) is 59.9 Å². The molecule has 84 heavy (non-hydrogen) atoms. The Bertz CT molecular complexity index is 2790. The summed E-state index contributed by atoms with van der Waals surface area (Å²) in [7, 11) is 0. The van der Waals surface area contributed by atoms with Gasteiger partial charge in [0.25, 0.3) is 0 Å². The molecule has 0 spiro atoms. The molecule has 6 aromatic carbocycles. The van der Waals surface area contributed by atoms with Gasteiger partial charge in [0.2, 0.25) is 0 Å². The number of nitrogens with two attached hydrogens (primary N) is 4. The van der Waals surface area contributed by atoms with Gasteiger partial charge < -0.3 is 43.4 Å². The number of aliphatic hydroxyl groups is 4. The van der Waals surface area contributed by atoms with Crippen LogP contribution in [-0.2, 0) is 32.5 Å². The van der Waals surface area contributed by atoms with Crippen molar-refractivity contribution in [1.82, 2.24) is 0 Å². The Hall–Kier alpha value is -5.44. The Labute approximate surface area is 511 Å². The Morgan fingerprint density at radius 2 is 0.524 bits per heavy atom. The van der Waals surface area contributed by atoms with E-state index in [0.717, 1.165) is 61.4 Å². The monoisotopic (exact) mass is 1170 g/mol. The lowest BCUT2D eigenvalue weighted by molar-refractivity contribution is 0.264. The van der Waals surface area contributed by atoms with Gasteiger partial charge in [0.05, 0.1) is 23.0 Å². The molecule has 0 aromatic heterocycles. The molecular weight excluding hydrogens is 1080 g/mol. The van der Waals surface area contributed by atoms with Crippen molar-refractivity contribution in [2.24, 2.45) is 58.4 Å². The zero-order valence-corrected chi connectivity index (χ0v) is 51.9. The van der Waals surface area contributed by atoms with Crippen molar-refractivity contribution in [2.75, 3.05) is 64.4 Å². The van der Waals surface area contributed by atoms with Gasteiger partial charge in [-0.25, -0.2) is 0 Å². The van der Waals surface area contributed by atoms with Crippen LogP contribution in [0.1, 0.15) is 105 Å². The molecule has 0 saturated heterocycles. The van der Waals surface area contributed by atoms with Gasteiger partial charge in [0.15, 0.2) is 0 Å². The molecule has 0 radical (unpaired) electrons. The molecule has 6 fully saturated rings. The van der Waals surface area contributed by atoms with Crippen molar-refractivity contribution in [2.45, 2.75) is 113 Å². The minimum Gasteiger partial charge on any atom is -0.396 e. The third-order valence-electron chi connectivity index (χ3n) is 19.9. The predicted molar refractivity (Wildman–Crippen MR) is 343 cm³/mol. The zero-order valence-electron chi connectivity index (χ0n) is 50.4. The number of benzene rings is 6. The highest BCUT2D eigenvalue weighted by Crippen LogP contribution is 2.57. The van der Waals surface area contributed by atoms with Crippen molar-refractivity contribution in [1.29, 1.82) is 10.5 Å². The first-order chi connectivity index (χ1) is 40.4. The lowest BCUT2D eigenvalue weighted by Crippen LogP contribution is -2.23. The van der Waals surface area contributed by atoms with Crippen LogP contribution in [0, 0.1) is 99.7 Å². The molecule has 6 saturated carbocycles. The van der Waals surface area contributed by atoms with E-state index in [4.69, 9.17) is 77.1 Å². The molecule has 6 aromatic rings. The van der Waals surface area contributed by atoms with E-state index >= 15 is 0 Å². The fourth-order valence-corrected chi connectivity index (χ4v) is 13.6. The Morgan fingerprint density at radius 1 is 0.333 bits per heavy atom. The molecule has 12 rings (SSSR count). The molecule has 12 N–H and O–H groups in total. The van der Waals surface area contributed by atoms with Gasteiger partial charge in [-0.3, -0.25) is 0 Å². The maximum Gasteiger partial charge on any atom is 0.0877 e. The first-order valence-corrected chi connectivity index (χ1v) is 31.0. The number of nitrogens with zero attached hydrogens (tertiary/aromatic N) is 2. The molecule has 10 nitrogen and oxygen atoms in total. The molecular formula is C72H92Cl2N6O4. The van der Waals surface area contributed by atoms with E-state index in [1.807, 2.05) is 62.4 Å². The summed E-state index contributed by atoms with van der Waals surface area (Å²) in [5.41, 5.74) is 37.9. The topological polar surface area (TPSA) is 233 Å². The molecule has 6 aliphatic carbocycles. The summed E-state index contributed by atoms with van der Waals surface area (Å²) < 4.78 is 0. The molecule has 448 valence electrons. The van der Waals surface area contributed by atoms with E-state index in [0.29, 0.717) is 49.9 Å². The average Bonchev–Trinajstić information content (AvgIpc) is 4.31. The fraction of sp³-hybridized carbons (Fsp3) is 0.472. The first kappa shape index (κ1) is 66.1. The molecule has 12 heteroatoms. The van der Waals surface area contributed by atoms with Gasteiger partial charge in [-0.2, -0.15) is 10.5 Å². The van der Waals surface area contributed by atoms with Crippen molar-refractivity contribution in [3.63, 3.8) is 0 Å². The number of aliphatic hydroxyl groups excluding tert-OH is 4. The summed E-state index contributed by atoms with van der Waals surface area (Å²) >= 11 is 11.8. The number of hydrogen-bond donors (Lipinski definition) is 8. The summed E-state index contributed by atoms with van der Waals surface area (Å²) in [5, 5.41) is 54.6. The van der Waals surface area contributed by atoms with Crippen LogP contribution in [0.15, 0.2) is 146 Å². The molecule has 0 unspecified atom stereocenters. The third kappa shape index (κ3) is 14.3. The van der Waals surface area contributed by atoms with E-state index in [9.17, 15) is 0 Å². The van der Waals surface area contributed by atoms with E-state index < -0.39 is 10.8 Å². The summed E-state index contributed by atoms with van der Waals surface area (Å²) in [5.74, 6) is 3.63. The second-order valence-electron chi connectivity index (χ2n) is 25.2. The largest absolute Gasteiger partial charge is 0.396 e. The van der Waals surface area contributed by atoms with Crippen LogP contribution < -0.4 is 22.9 Å². The molecule has 0 amide bonds. The second-order valence-corrected chi connectivity index (χ2v) is 25.9. The van der Waals surface area contributed by atoms with Crippen molar-refractivity contribution in [3.05, 3.63) is 212 Å². The molecule has 0 bridgehead atoms. The van der Waals surface area contributed by atoms with Gasteiger partial charge >= 0.3 is 0 Å². The van der Waals surface area contributed by atoms with E-state index in [1.54, 1.807) is 0 Å². The summed E-state index contributed by atoms with van der Waals surface area (Å²) in [6, 6.07) is 55.0. The molecule has 0 heterocycles. The number of aryl methyl sites for hydroxylation is 6.